The fourth-order valence-corrected chi connectivity index (χ4v) is 3.12. The number of hydrogen-bond acceptors (Lipinski definition) is 3. The molecule has 102 valence electrons. The molecular formula is C16H17N3S. The minimum Gasteiger partial charge on any atom is -0.399 e. The Kier molecular flexibility index (Phi) is 3.40. The van der Waals surface area contributed by atoms with E-state index in [4.69, 9.17) is 5.73 Å². The number of aromatic nitrogens is 2. The zero-order valence-electron chi connectivity index (χ0n) is 11.6. The number of fused-ring (bicyclic) bond motifs is 1. The molecule has 0 radical (unpaired) electrons. The zero-order chi connectivity index (χ0) is 14.1. The van der Waals surface area contributed by atoms with Gasteiger partial charge in [0.15, 0.2) is 5.16 Å². The molecule has 3 N–H and O–H groups in total. The van der Waals surface area contributed by atoms with Gasteiger partial charge in [-0.25, -0.2) is 4.98 Å². The van der Waals surface area contributed by atoms with Crippen molar-refractivity contribution in [1.82, 2.24) is 9.97 Å². The maximum absolute atomic E-state index is 5.78. The Morgan fingerprint density at radius 1 is 1.15 bits per heavy atom. The first kappa shape index (κ1) is 13.1. The molecule has 0 fully saturated rings. The number of thioether (sulfide) groups is 1. The number of hydrogen-bond donors (Lipinski definition) is 2. The lowest BCUT2D eigenvalue weighted by Crippen LogP contribution is -1.88. The summed E-state index contributed by atoms with van der Waals surface area (Å²) in [6.45, 7) is 4.27. The molecule has 1 heterocycles. The molecular weight excluding hydrogens is 266 g/mol. The summed E-state index contributed by atoms with van der Waals surface area (Å²) in [5.74, 6) is 0.919. The number of imidazole rings is 1. The van der Waals surface area contributed by atoms with Crippen LogP contribution in [0, 0.1) is 13.8 Å². The molecule has 4 heteroatoms. The van der Waals surface area contributed by atoms with Crippen LogP contribution in [0.15, 0.2) is 41.6 Å². The predicted molar refractivity (Wildman–Crippen MR) is 86.0 cm³/mol. The number of H-pyrrole nitrogens is 1. The normalized spacial score (nSPS) is 11.1. The number of nitrogens with zero attached hydrogens (tertiary/aromatic N) is 1. The van der Waals surface area contributed by atoms with Crippen LogP contribution in [0.2, 0.25) is 0 Å². The zero-order valence-corrected chi connectivity index (χ0v) is 12.4. The summed E-state index contributed by atoms with van der Waals surface area (Å²) in [6.07, 6.45) is 0. The van der Waals surface area contributed by atoms with Gasteiger partial charge in [0.2, 0.25) is 0 Å². The first-order valence-electron chi connectivity index (χ1n) is 6.56. The average Bonchev–Trinajstić information content (AvgIpc) is 2.81. The van der Waals surface area contributed by atoms with Gasteiger partial charge < -0.3 is 10.7 Å². The summed E-state index contributed by atoms with van der Waals surface area (Å²) in [6, 6.07) is 12.3. The van der Waals surface area contributed by atoms with Gasteiger partial charge in [0.05, 0.1) is 11.0 Å². The van der Waals surface area contributed by atoms with Crippen molar-refractivity contribution in [3.8, 4) is 0 Å². The van der Waals surface area contributed by atoms with Crippen LogP contribution in [-0.4, -0.2) is 9.97 Å². The standard InChI is InChI=1S/C16H17N3S/c1-10-3-4-11(2)12(7-10)9-20-16-18-14-6-5-13(17)8-15(14)19-16/h3-8H,9,17H2,1-2H3,(H,18,19). The third kappa shape index (κ3) is 2.65. The van der Waals surface area contributed by atoms with Crippen molar-refractivity contribution in [2.75, 3.05) is 5.73 Å². The smallest absolute Gasteiger partial charge is 0.166 e. The van der Waals surface area contributed by atoms with Crippen molar-refractivity contribution in [3.05, 3.63) is 53.1 Å². The molecule has 0 unspecified atom stereocenters. The molecule has 0 aliphatic heterocycles. The lowest BCUT2D eigenvalue weighted by molar-refractivity contribution is 1.08. The molecule has 20 heavy (non-hydrogen) atoms. The second kappa shape index (κ2) is 5.21. The van der Waals surface area contributed by atoms with Gasteiger partial charge in [0.25, 0.3) is 0 Å². The van der Waals surface area contributed by atoms with E-state index in [9.17, 15) is 0 Å². The summed E-state index contributed by atoms with van der Waals surface area (Å²) in [4.78, 5) is 7.89. The fraction of sp³-hybridized carbons (Fsp3) is 0.188. The second-order valence-corrected chi connectivity index (χ2v) is 6.00. The lowest BCUT2D eigenvalue weighted by Gasteiger charge is -2.05. The largest absolute Gasteiger partial charge is 0.399 e. The molecule has 0 aliphatic carbocycles. The number of anilines is 1. The number of nitrogen functional groups attached to an aromatic ring is 1. The van der Waals surface area contributed by atoms with Gasteiger partial charge in [-0.05, 0) is 43.2 Å². The van der Waals surface area contributed by atoms with Gasteiger partial charge in [0.1, 0.15) is 0 Å². The van der Waals surface area contributed by atoms with Crippen molar-refractivity contribution in [3.63, 3.8) is 0 Å². The van der Waals surface area contributed by atoms with E-state index >= 15 is 0 Å². The average molecular weight is 283 g/mol. The van der Waals surface area contributed by atoms with Gasteiger partial charge in [-0.3, -0.25) is 0 Å². The first-order chi connectivity index (χ1) is 9.61. The number of nitrogens with one attached hydrogen (secondary N) is 1. The summed E-state index contributed by atoms with van der Waals surface area (Å²) in [5.41, 5.74) is 12.5. The van der Waals surface area contributed by atoms with Crippen molar-refractivity contribution in [1.29, 1.82) is 0 Å². The van der Waals surface area contributed by atoms with E-state index in [2.05, 4.69) is 42.0 Å². The Bertz CT molecular complexity index is 762. The van der Waals surface area contributed by atoms with Crippen molar-refractivity contribution >= 4 is 28.5 Å². The Labute approximate surface area is 122 Å². The Hall–Kier alpha value is -1.94. The van der Waals surface area contributed by atoms with Crippen LogP contribution in [0.25, 0.3) is 11.0 Å². The minimum absolute atomic E-state index is 0.757. The number of rotatable bonds is 3. The van der Waals surface area contributed by atoms with E-state index in [1.807, 2.05) is 18.2 Å². The van der Waals surface area contributed by atoms with Gasteiger partial charge >= 0.3 is 0 Å². The van der Waals surface area contributed by atoms with Crippen LogP contribution in [0.1, 0.15) is 16.7 Å². The van der Waals surface area contributed by atoms with Crippen LogP contribution in [0.3, 0.4) is 0 Å². The molecule has 0 aliphatic rings. The monoisotopic (exact) mass is 283 g/mol. The van der Waals surface area contributed by atoms with Crippen LogP contribution in [-0.2, 0) is 5.75 Å². The summed E-state index contributed by atoms with van der Waals surface area (Å²) in [7, 11) is 0. The van der Waals surface area contributed by atoms with Crippen LogP contribution in [0.5, 0.6) is 0 Å². The Morgan fingerprint density at radius 3 is 2.85 bits per heavy atom. The maximum atomic E-state index is 5.78. The number of aromatic amines is 1. The third-order valence-electron chi connectivity index (χ3n) is 3.35. The summed E-state index contributed by atoms with van der Waals surface area (Å²) >= 11 is 1.72. The van der Waals surface area contributed by atoms with Gasteiger partial charge in [-0.1, -0.05) is 35.5 Å². The van der Waals surface area contributed by atoms with Crippen LogP contribution >= 0.6 is 11.8 Å². The number of benzene rings is 2. The molecule has 2 aromatic carbocycles. The summed E-state index contributed by atoms with van der Waals surface area (Å²) < 4.78 is 0. The van der Waals surface area contributed by atoms with E-state index in [-0.39, 0.29) is 0 Å². The molecule has 0 saturated heterocycles. The topological polar surface area (TPSA) is 54.7 Å². The summed E-state index contributed by atoms with van der Waals surface area (Å²) in [5, 5.41) is 0.937. The highest BCUT2D eigenvalue weighted by atomic mass is 32.2. The van der Waals surface area contributed by atoms with E-state index in [0.717, 1.165) is 27.6 Å². The molecule has 0 bridgehead atoms. The van der Waals surface area contributed by atoms with E-state index in [0.29, 0.717) is 0 Å². The molecule has 3 rings (SSSR count). The fourth-order valence-electron chi connectivity index (χ4n) is 2.17. The number of nitrogens with two attached hydrogens (primary N) is 1. The van der Waals surface area contributed by atoms with Crippen molar-refractivity contribution in [2.24, 2.45) is 0 Å². The Morgan fingerprint density at radius 2 is 2.00 bits per heavy atom. The maximum Gasteiger partial charge on any atom is 0.166 e. The highest BCUT2D eigenvalue weighted by Gasteiger charge is 2.05. The van der Waals surface area contributed by atoms with Gasteiger partial charge in [-0.2, -0.15) is 0 Å². The van der Waals surface area contributed by atoms with E-state index in [1.54, 1.807) is 11.8 Å². The first-order valence-corrected chi connectivity index (χ1v) is 7.54. The molecule has 0 atom stereocenters. The number of aryl methyl sites for hydroxylation is 2. The van der Waals surface area contributed by atoms with Crippen molar-refractivity contribution < 1.29 is 0 Å². The molecule has 0 spiro atoms. The predicted octanol–water partition coefficient (Wildman–Crippen LogP) is 4.05. The minimum atomic E-state index is 0.757. The van der Waals surface area contributed by atoms with Crippen LogP contribution in [0.4, 0.5) is 5.69 Å². The van der Waals surface area contributed by atoms with E-state index < -0.39 is 0 Å². The SMILES string of the molecule is Cc1ccc(C)c(CSc2nc3ccc(N)cc3[nH]2)c1. The van der Waals surface area contributed by atoms with E-state index in [1.165, 1.54) is 16.7 Å². The highest BCUT2D eigenvalue weighted by Crippen LogP contribution is 2.25. The molecule has 3 aromatic rings. The molecule has 1 aromatic heterocycles. The van der Waals surface area contributed by atoms with Gasteiger partial charge in [0, 0.05) is 11.4 Å². The highest BCUT2D eigenvalue weighted by molar-refractivity contribution is 7.98. The quantitative estimate of drug-likeness (QED) is 0.563. The van der Waals surface area contributed by atoms with Gasteiger partial charge in [-0.15, -0.1) is 0 Å². The molecule has 0 saturated carbocycles. The Balaban J connectivity index is 1.81. The third-order valence-corrected chi connectivity index (χ3v) is 4.28. The van der Waals surface area contributed by atoms with Crippen LogP contribution < -0.4 is 5.73 Å². The lowest BCUT2D eigenvalue weighted by atomic mass is 10.1. The second-order valence-electron chi connectivity index (χ2n) is 5.04. The van der Waals surface area contributed by atoms with Crippen molar-refractivity contribution in [2.45, 2.75) is 24.8 Å². The molecule has 3 nitrogen and oxygen atoms in total. The molecule has 0 amide bonds.